The zero-order chi connectivity index (χ0) is 25.7. The lowest BCUT2D eigenvalue weighted by Gasteiger charge is -2.23. The fraction of sp³-hybridized carbons (Fsp3) is 0.318. The summed E-state index contributed by atoms with van der Waals surface area (Å²) in [4.78, 5) is 29.3. The summed E-state index contributed by atoms with van der Waals surface area (Å²) >= 11 is 6.11. The van der Waals surface area contributed by atoms with Crippen LogP contribution in [0.4, 0.5) is 26.3 Å². The summed E-state index contributed by atoms with van der Waals surface area (Å²) in [7, 11) is 1.36. The molecule has 2 amide bonds. The monoisotopic (exact) mass is 518 g/mol. The van der Waals surface area contributed by atoms with Crippen LogP contribution in [0.2, 0.25) is 5.15 Å². The number of alkyl halides is 6. The first-order valence-corrected chi connectivity index (χ1v) is 10.6. The molecule has 1 atom stereocenters. The number of carbonyl (C=O) groups is 2. The number of hydrogen-bond acceptors (Lipinski definition) is 3. The zero-order valence-electron chi connectivity index (χ0n) is 17.9. The van der Waals surface area contributed by atoms with E-state index >= 15 is 0 Å². The van der Waals surface area contributed by atoms with E-state index in [1.165, 1.54) is 23.7 Å². The number of aromatic nitrogens is 2. The molecule has 2 aromatic heterocycles. The van der Waals surface area contributed by atoms with E-state index in [0.29, 0.717) is 12.1 Å². The average molecular weight is 519 g/mol. The molecule has 1 aromatic carbocycles. The van der Waals surface area contributed by atoms with Gasteiger partial charge in [0, 0.05) is 18.5 Å². The van der Waals surface area contributed by atoms with Gasteiger partial charge in [0.1, 0.15) is 16.5 Å². The van der Waals surface area contributed by atoms with E-state index < -0.39 is 41.3 Å². The van der Waals surface area contributed by atoms with Crippen LogP contribution in [0, 0.1) is 0 Å². The first-order valence-electron chi connectivity index (χ1n) is 10.3. The normalized spacial score (nSPS) is 15.2. The van der Waals surface area contributed by atoms with Gasteiger partial charge in [0.25, 0.3) is 11.8 Å². The molecule has 1 unspecified atom stereocenters. The molecule has 1 fully saturated rings. The van der Waals surface area contributed by atoms with Crippen molar-refractivity contribution in [3.8, 4) is 0 Å². The number of rotatable bonds is 5. The third-order valence-corrected chi connectivity index (χ3v) is 5.78. The van der Waals surface area contributed by atoms with Crippen molar-refractivity contribution < 1.29 is 35.9 Å². The van der Waals surface area contributed by atoms with Crippen molar-refractivity contribution in [3.05, 3.63) is 63.9 Å². The van der Waals surface area contributed by atoms with Crippen LogP contribution in [-0.4, -0.2) is 33.6 Å². The first kappa shape index (κ1) is 24.8. The van der Waals surface area contributed by atoms with Gasteiger partial charge in [-0.05, 0) is 42.7 Å². The molecular formula is C22H17ClF6N4O2. The van der Waals surface area contributed by atoms with E-state index in [9.17, 15) is 35.9 Å². The van der Waals surface area contributed by atoms with Crippen LogP contribution in [-0.2, 0) is 13.2 Å². The molecule has 2 N–H and O–H groups in total. The van der Waals surface area contributed by atoms with Crippen LogP contribution in [0.25, 0.3) is 11.0 Å². The summed E-state index contributed by atoms with van der Waals surface area (Å²) in [5.74, 6) is -1.67. The van der Waals surface area contributed by atoms with Crippen LogP contribution >= 0.6 is 11.6 Å². The quantitative estimate of drug-likeness (QED) is 0.361. The van der Waals surface area contributed by atoms with E-state index in [2.05, 4.69) is 10.3 Å². The van der Waals surface area contributed by atoms with Gasteiger partial charge in [-0.1, -0.05) is 23.7 Å². The van der Waals surface area contributed by atoms with E-state index in [4.69, 9.17) is 11.6 Å². The highest BCUT2D eigenvalue weighted by Gasteiger charge is 2.43. The Hall–Kier alpha value is -3.28. The van der Waals surface area contributed by atoms with Crippen LogP contribution < -0.4 is 10.6 Å². The number of hydrogen-bond donors (Lipinski definition) is 2. The van der Waals surface area contributed by atoms with Crippen molar-refractivity contribution in [3.63, 3.8) is 0 Å². The van der Waals surface area contributed by atoms with Crippen LogP contribution in [0.3, 0.4) is 0 Å². The van der Waals surface area contributed by atoms with Crippen molar-refractivity contribution in [1.82, 2.24) is 20.2 Å². The van der Waals surface area contributed by atoms with Gasteiger partial charge in [0.2, 0.25) is 0 Å². The van der Waals surface area contributed by atoms with Gasteiger partial charge in [-0.25, -0.2) is 4.98 Å². The summed E-state index contributed by atoms with van der Waals surface area (Å²) in [6.45, 7) is 0. The molecule has 35 heavy (non-hydrogen) atoms. The summed E-state index contributed by atoms with van der Waals surface area (Å²) in [5, 5.41) is 4.62. The number of benzene rings is 1. The van der Waals surface area contributed by atoms with E-state index in [-0.39, 0.29) is 33.5 Å². The predicted octanol–water partition coefficient (Wildman–Crippen LogP) is 5.17. The van der Waals surface area contributed by atoms with Crippen LogP contribution in [0.1, 0.15) is 50.9 Å². The number of nitrogens with one attached hydrogen (secondary N) is 2. The maximum atomic E-state index is 13.7. The van der Waals surface area contributed by atoms with Gasteiger partial charge in [0.05, 0.1) is 11.1 Å². The third kappa shape index (κ3) is 5.21. The second-order valence-corrected chi connectivity index (χ2v) is 8.51. The van der Waals surface area contributed by atoms with E-state index in [1.807, 2.05) is 0 Å². The maximum Gasteiger partial charge on any atom is 0.416 e. The van der Waals surface area contributed by atoms with Gasteiger partial charge in [-0.3, -0.25) is 9.59 Å². The zero-order valence-corrected chi connectivity index (χ0v) is 18.6. The molecule has 0 saturated heterocycles. The van der Waals surface area contributed by atoms with E-state index in [1.54, 1.807) is 5.32 Å². The predicted molar refractivity (Wildman–Crippen MR) is 114 cm³/mol. The number of aryl methyl sites for hydroxylation is 1. The van der Waals surface area contributed by atoms with Gasteiger partial charge < -0.3 is 15.2 Å². The van der Waals surface area contributed by atoms with Gasteiger partial charge in [-0.2, -0.15) is 26.3 Å². The number of amides is 2. The Morgan fingerprint density at radius 1 is 1.09 bits per heavy atom. The van der Waals surface area contributed by atoms with Crippen LogP contribution in [0.15, 0.2) is 36.4 Å². The Labute approximate surface area is 199 Å². The smallest absolute Gasteiger partial charge is 0.349 e. The molecule has 1 aliphatic rings. The van der Waals surface area contributed by atoms with Crippen molar-refractivity contribution in [2.75, 3.05) is 0 Å². The molecule has 1 aliphatic carbocycles. The lowest BCUT2D eigenvalue weighted by molar-refractivity contribution is -0.156. The third-order valence-electron chi connectivity index (χ3n) is 5.50. The molecule has 3 aromatic rings. The molecule has 186 valence electrons. The Kier molecular flexibility index (Phi) is 6.20. The minimum atomic E-state index is -5.08. The number of pyridine rings is 1. The molecular weight excluding hydrogens is 502 g/mol. The molecule has 0 bridgehead atoms. The molecule has 0 radical (unpaired) electrons. The fourth-order valence-electron chi connectivity index (χ4n) is 3.55. The second kappa shape index (κ2) is 8.74. The summed E-state index contributed by atoms with van der Waals surface area (Å²) < 4.78 is 81.4. The molecule has 4 rings (SSSR count). The molecule has 6 nitrogen and oxygen atoms in total. The van der Waals surface area contributed by atoms with Gasteiger partial charge >= 0.3 is 12.4 Å². The van der Waals surface area contributed by atoms with E-state index in [0.717, 1.165) is 25.0 Å². The van der Waals surface area contributed by atoms with Crippen molar-refractivity contribution in [2.45, 2.75) is 37.3 Å². The number of carbonyl (C=O) groups excluding carboxylic acids is 2. The molecule has 0 aliphatic heterocycles. The van der Waals surface area contributed by atoms with Crippen molar-refractivity contribution in [2.24, 2.45) is 7.05 Å². The van der Waals surface area contributed by atoms with Crippen molar-refractivity contribution >= 4 is 34.4 Å². The average Bonchev–Trinajstić information content (AvgIpc) is 3.52. The number of halogens is 7. The maximum absolute atomic E-state index is 13.7. The SMILES string of the molecule is Cn1c(C(=O)NC(c2cccc(C(F)(F)F)c2)C(F)(F)F)cc2cc(C(=O)NC3CC3)c(Cl)nc21. The Bertz CT molecular complexity index is 1310. The van der Waals surface area contributed by atoms with Crippen molar-refractivity contribution in [1.29, 1.82) is 0 Å². The fourth-order valence-corrected chi connectivity index (χ4v) is 3.77. The largest absolute Gasteiger partial charge is 0.416 e. The minimum absolute atomic E-state index is 0.0424. The summed E-state index contributed by atoms with van der Waals surface area (Å²) in [6, 6.07) is 2.59. The molecule has 0 spiro atoms. The lowest BCUT2D eigenvalue weighted by Crippen LogP contribution is -2.38. The standard InChI is InChI=1S/C22H17ClF6N4O2/c1-33-15(9-11-8-14(17(23)32-18(11)33)19(34)30-13-5-6-13)20(35)31-16(22(27,28)29)10-3-2-4-12(7-10)21(24,25)26/h2-4,7-9,13,16H,5-6H2,1H3,(H,30,34)(H,31,35). The second-order valence-electron chi connectivity index (χ2n) is 8.15. The Morgan fingerprint density at radius 3 is 2.37 bits per heavy atom. The molecule has 13 heteroatoms. The lowest BCUT2D eigenvalue weighted by atomic mass is 10.0. The van der Waals surface area contributed by atoms with Crippen LogP contribution in [0.5, 0.6) is 0 Å². The number of nitrogens with zero attached hydrogens (tertiary/aromatic N) is 2. The topological polar surface area (TPSA) is 76.0 Å². The molecule has 2 heterocycles. The minimum Gasteiger partial charge on any atom is -0.349 e. The highest BCUT2D eigenvalue weighted by Crippen LogP contribution is 2.36. The number of fused-ring (bicyclic) bond motifs is 1. The molecule has 1 saturated carbocycles. The van der Waals surface area contributed by atoms with Gasteiger partial charge in [-0.15, -0.1) is 0 Å². The highest BCUT2D eigenvalue weighted by molar-refractivity contribution is 6.33. The summed E-state index contributed by atoms with van der Waals surface area (Å²) in [6.07, 6.45) is -8.28. The first-order chi connectivity index (χ1) is 16.3. The van der Waals surface area contributed by atoms with Gasteiger partial charge in [0.15, 0.2) is 6.04 Å². The highest BCUT2D eigenvalue weighted by atomic mass is 35.5. The summed E-state index contributed by atoms with van der Waals surface area (Å²) in [5.41, 5.74) is -2.14. The Balaban J connectivity index is 1.66. The Morgan fingerprint density at radius 2 is 1.77 bits per heavy atom.